The van der Waals surface area contributed by atoms with Crippen LogP contribution in [0.25, 0.3) is 0 Å². The van der Waals surface area contributed by atoms with Gasteiger partial charge in [0.15, 0.2) is 0 Å². The summed E-state index contributed by atoms with van der Waals surface area (Å²) in [6, 6.07) is 6.80. The van der Waals surface area contributed by atoms with Gasteiger partial charge < -0.3 is 20.6 Å². The third-order valence-electron chi connectivity index (χ3n) is 2.46. The summed E-state index contributed by atoms with van der Waals surface area (Å²) in [6.45, 7) is 0.0253. The molecule has 0 heterocycles. The summed E-state index contributed by atoms with van der Waals surface area (Å²) in [7, 11) is 3.63. The van der Waals surface area contributed by atoms with E-state index in [0.29, 0.717) is 16.9 Å². The van der Waals surface area contributed by atoms with Crippen LogP contribution in [0, 0.1) is 11.3 Å². The van der Waals surface area contributed by atoms with E-state index < -0.39 is 6.09 Å². The topological polar surface area (TPSA) is 118 Å². The molecule has 116 valence electrons. The first kappa shape index (κ1) is 17.0. The molecule has 0 aliphatic rings. The quantitative estimate of drug-likeness (QED) is 0.542. The second kappa shape index (κ2) is 8.26. The molecular weight excluding hydrogens is 286 g/mol. The van der Waals surface area contributed by atoms with Crippen molar-refractivity contribution in [2.45, 2.75) is 6.42 Å². The summed E-state index contributed by atoms with van der Waals surface area (Å²) in [6.07, 6.45) is 0.406. The van der Waals surface area contributed by atoms with Gasteiger partial charge in [0.05, 0.1) is 17.6 Å². The molecule has 0 aliphatic heterocycles. The van der Waals surface area contributed by atoms with E-state index in [4.69, 9.17) is 10.4 Å². The van der Waals surface area contributed by atoms with Crippen molar-refractivity contribution in [3.8, 4) is 6.07 Å². The molecule has 22 heavy (non-hydrogen) atoms. The van der Waals surface area contributed by atoms with Crippen LogP contribution in [0.1, 0.15) is 12.0 Å². The van der Waals surface area contributed by atoms with Crippen LogP contribution >= 0.6 is 0 Å². The van der Waals surface area contributed by atoms with Gasteiger partial charge >= 0.3 is 6.09 Å². The van der Waals surface area contributed by atoms with E-state index in [2.05, 4.69) is 15.6 Å². The summed E-state index contributed by atoms with van der Waals surface area (Å²) in [5, 5.41) is 22.2. The standard InChI is InChI=1S/C14H17N5O3/c1-19(2)9-17-12-4-3-11(7-10(12)8-15)18-13(20)5-6-16-14(21)22/h3-4,7,9,16H,5-6H2,1-2H3,(H,18,20)(H,21,22). The third kappa shape index (κ3) is 5.92. The van der Waals surface area contributed by atoms with Crippen molar-refractivity contribution in [3.05, 3.63) is 23.8 Å². The zero-order valence-electron chi connectivity index (χ0n) is 12.3. The van der Waals surface area contributed by atoms with Gasteiger partial charge in [-0.15, -0.1) is 0 Å². The fourth-order valence-electron chi connectivity index (χ4n) is 1.50. The van der Waals surface area contributed by atoms with E-state index in [1.807, 2.05) is 20.2 Å². The average molecular weight is 303 g/mol. The first-order valence-electron chi connectivity index (χ1n) is 6.44. The van der Waals surface area contributed by atoms with Gasteiger partial charge in [0.25, 0.3) is 0 Å². The van der Waals surface area contributed by atoms with Crippen LogP contribution in [0.15, 0.2) is 23.2 Å². The van der Waals surface area contributed by atoms with Gasteiger partial charge in [-0.05, 0) is 18.2 Å². The molecule has 0 saturated carbocycles. The minimum Gasteiger partial charge on any atom is -0.465 e. The summed E-state index contributed by atoms with van der Waals surface area (Å²) < 4.78 is 0. The number of anilines is 1. The lowest BCUT2D eigenvalue weighted by atomic mass is 10.1. The van der Waals surface area contributed by atoms with Crippen molar-refractivity contribution in [2.24, 2.45) is 4.99 Å². The zero-order valence-corrected chi connectivity index (χ0v) is 12.3. The van der Waals surface area contributed by atoms with Crippen molar-refractivity contribution in [1.29, 1.82) is 5.26 Å². The summed E-state index contributed by atoms with van der Waals surface area (Å²) in [5.74, 6) is -0.345. The molecule has 0 saturated heterocycles. The number of hydrogen-bond donors (Lipinski definition) is 3. The number of carbonyl (C=O) groups is 2. The lowest BCUT2D eigenvalue weighted by Gasteiger charge is -2.07. The van der Waals surface area contributed by atoms with E-state index in [9.17, 15) is 9.59 Å². The van der Waals surface area contributed by atoms with Crippen LogP contribution in [-0.4, -0.2) is 49.0 Å². The van der Waals surface area contributed by atoms with Crippen molar-refractivity contribution < 1.29 is 14.7 Å². The Hall–Kier alpha value is -3.08. The number of nitrogens with one attached hydrogen (secondary N) is 2. The number of nitrogens with zero attached hydrogens (tertiary/aromatic N) is 3. The largest absolute Gasteiger partial charge is 0.465 e. The lowest BCUT2D eigenvalue weighted by molar-refractivity contribution is -0.116. The minimum atomic E-state index is -1.18. The highest BCUT2D eigenvalue weighted by atomic mass is 16.4. The van der Waals surface area contributed by atoms with Gasteiger partial charge in [0.2, 0.25) is 5.91 Å². The van der Waals surface area contributed by atoms with E-state index in [0.717, 1.165) is 0 Å². The fourth-order valence-corrected chi connectivity index (χ4v) is 1.50. The number of nitriles is 1. The molecule has 0 aliphatic carbocycles. The number of benzene rings is 1. The van der Waals surface area contributed by atoms with E-state index in [1.165, 1.54) is 6.07 Å². The monoisotopic (exact) mass is 303 g/mol. The number of carbonyl (C=O) groups excluding carboxylic acids is 1. The van der Waals surface area contributed by atoms with E-state index in [1.54, 1.807) is 23.4 Å². The minimum absolute atomic E-state index is 0.00865. The van der Waals surface area contributed by atoms with E-state index >= 15 is 0 Å². The van der Waals surface area contributed by atoms with Gasteiger partial charge in [-0.25, -0.2) is 9.79 Å². The first-order chi connectivity index (χ1) is 10.4. The van der Waals surface area contributed by atoms with Crippen LogP contribution in [0.2, 0.25) is 0 Å². The molecule has 0 unspecified atom stereocenters. The molecule has 0 aromatic heterocycles. The Labute approximate surface area is 128 Å². The van der Waals surface area contributed by atoms with Crippen molar-refractivity contribution >= 4 is 29.7 Å². The Morgan fingerprint density at radius 2 is 2.18 bits per heavy atom. The molecule has 8 heteroatoms. The Morgan fingerprint density at radius 3 is 2.77 bits per heavy atom. The van der Waals surface area contributed by atoms with Crippen LogP contribution < -0.4 is 10.6 Å². The van der Waals surface area contributed by atoms with Crippen molar-refractivity contribution in [1.82, 2.24) is 10.2 Å². The summed E-state index contributed by atoms with van der Waals surface area (Å²) in [4.78, 5) is 27.8. The second-order valence-electron chi connectivity index (χ2n) is 4.58. The normalized spacial score (nSPS) is 10.0. The molecular formula is C14H17N5O3. The van der Waals surface area contributed by atoms with Crippen molar-refractivity contribution in [2.75, 3.05) is 26.0 Å². The SMILES string of the molecule is CN(C)C=Nc1ccc(NC(=O)CCNC(=O)O)cc1C#N. The van der Waals surface area contributed by atoms with Gasteiger partial charge in [0, 0.05) is 32.7 Å². The van der Waals surface area contributed by atoms with Crippen LogP contribution in [-0.2, 0) is 4.79 Å². The Balaban J connectivity index is 2.71. The Kier molecular flexibility index (Phi) is 6.37. The molecule has 0 atom stereocenters. The molecule has 8 nitrogen and oxygen atoms in total. The third-order valence-corrected chi connectivity index (χ3v) is 2.46. The van der Waals surface area contributed by atoms with Crippen molar-refractivity contribution in [3.63, 3.8) is 0 Å². The first-order valence-corrected chi connectivity index (χ1v) is 6.44. The molecule has 2 amide bonds. The molecule has 1 aromatic rings. The van der Waals surface area contributed by atoms with E-state index in [-0.39, 0.29) is 18.9 Å². The zero-order chi connectivity index (χ0) is 16.5. The van der Waals surface area contributed by atoms with Gasteiger partial charge in [0.1, 0.15) is 6.07 Å². The molecule has 0 bridgehead atoms. The predicted octanol–water partition coefficient (Wildman–Crippen LogP) is 1.38. The predicted molar refractivity (Wildman–Crippen MR) is 82.3 cm³/mol. The highest BCUT2D eigenvalue weighted by Crippen LogP contribution is 2.22. The van der Waals surface area contributed by atoms with Gasteiger partial charge in [-0.1, -0.05) is 0 Å². The maximum Gasteiger partial charge on any atom is 0.404 e. The highest BCUT2D eigenvalue weighted by Gasteiger charge is 2.06. The van der Waals surface area contributed by atoms with Gasteiger partial charge in [-0.2, -0.15) is 5.26 Å². The van der Waals surface area contributed by atoms with Crippen LogP contribution in [0.3, 0.4) is 0 Å². The molecule has 1 aromatic carbocycles. The van der Waals surface area contributed by atoms with Gasteiger partial charge in [-0.3, -0.25) is 4.79 Å². The number of carboxylic acid groups (broad SMARTS) is 1. The average Bonchev–Trinajstić information content (AvgIpc) is 2.45. The number of rotatable bonds is 6. The maximum absolute atomic E-state index is 11.6. The molecule has 0 fully saturated rings. The molecule has 0 spiro atoms. The Bertz CT molecular complexity index is 619. The fraction of sp³-hybridized carbons (Fsp3) is 0.286. The summed E-state index contributed by atoms with van der Waals surface area (Å²) >= 11 is 0. The number of amides is 2. The molecule has 0 radical (unpaired) electrons. The lowest BCUT2D eigenvalue weighted by Crippen LogP contribution is -2.25. The molecule has 3 N–H and O–H groups in total. The number of aliphatic imine (C=N–C) groups is 1. The highest BCUT2D eigenvalue weighted by molar-refractivity contribution is 5.91. The number of hydrogen-bond acceptors (Lipinski definition) is 4. The maximum atomic E-state index is 11.6. The summed E-state index contributed by atoms with van der Waals surface area (Å²) in [5.41, 5.74) is 1.29. The van der Waals surface area contributed by atoms with Crippen LogP contribution in [0.4, 0.5) is 16.2 Å². The smallest absolute Gasteiger partial charge is 0.404 e. The van der Waals surface area contributed by atoms with Crippen LogP contribution in [0.5, 0.6) is 0 Å². The second-order valence-corrected chi connectivity index (χ2v) is 4.58. The molecule has 1 rings (SSSR count). The Morgan fingerprint density at radius 1 is 1.45 bits per heavy atom.